The molecule has 2 atom stereocenters. The van der Waals surface area contributed by atoms with Gasteiger partial charge in [0.2, 0.25) is 11.8 Å². The Hall–Kier alpha value is -2.58. The highest BCUT2D eigenvalue weighted by molar-refractivity contribution is 6.23. The molecule has 31 heavy (non-hydrogen) atoms. The van der Waals surface area contributed by atoms with Crippen molar-refractivity contribution in [3.63, 3.8) is 0 Å². The zero-order valence-corrected chi connectivity index (χ0v) is 17.5. The molecule has 3 N–H and O–H groups in total. The van der Waals surface area contributed by atoms with Gasteiger partial charge in [-0.05, 0) is 49.9 Å². The maximum atomic E-state index is 13.0. The Kier molecular flexibility index (Phi) is 5.14. The van der Waals surface area contributed by atoms with Crippen LogP contribution >= 0.6 is 0 Å². The molecule has 0 aromatic heterocycles. The van der Waals surface area contributed by atoms with Gasteiger partial charge in [-0.25, -0.2) is 0 Å². The summed E-state index contributed by atoms with van der Waals surface area (Å²) in [5.41, 5.74) is 1.79. The second-order valence-electron chi connectivity index (χ2n) is 9.19. The summed E-state index contributed by atoms with van der Waals surface area (Å²) in [4.78, 5) is 50.5. The predicted octanol–water partition coefficient (Wildman–Crippen LogP) is 1.24. The lowest BCUT2D eigenvalue weighted by molar-refractivity contribution is -0.136. The number of rotatable bonds is 4. The molecule has 8 nitrogen and oxygen atoms in total. The lowest BCUT2D eigenvalue weighted by Crippen LogP contribution is -2.54. The first-order chi connectivity index (χ1) is 15.0. The van der Waals surface area contributed by atoms with Crippen molar-refractivity contribution in [3.8, 4) is 0 Å². The minimum absolute atomic E-state index is 0.121. The van der Waals surface area contributed by atoms with E-state index in [1.807, 2.05) is 6.07 Å². The zero-order chi connectivity index (χ0) is 21.6. The first-order valence-electron chi connectivity index (χ1n) is 11.3. The number of amides is 4. The van der Waals surface area contributed by atoms with E-state index >= 15 is 0 Å². The van der Waals surface area contributed by atoms with Crippen LogP contribution in [0, 0.1) is 0 Å². The molecule has 3 fully saturated rings. The number of piperidine rings is 1. The van der Waals surface area contributed by atoms with Gasteiger partial charge in [0.05, 0.1) is 11.1 Å². The number of nitrogens with zero attached hydrogens (tertiary/aromatic N) is 1. The molecule has 4 amide bonds. The number of fused-ring (bicyclic) bond motifs is 1. The largest absolute Gasteiger partial charge is 0.310 e. The normalized spacial score (nSPS) is 27.7. The fraction of sp³-hybridized carbons (Fsp3) is 0.565. The molecule has 164 valence electrons. The molecular formula is C23H28N4O4. The standard InChI is InChI=1S/C23H28N4O4/c28-19-7-6-17(20(29)26-19)27-21(30)15-5-4-14(12-16(15)22(27)31)13-24-18-8-11-25-23(18)9-2-1-3-10-23/h4-5,12,17-18,24-25H,1-3,6-11,13H2,(H,26,28,29). The van der Waals surface area contributed by atoms with Gasteiger partial charge in [0.15, 0.2) is 0 Å². The quantitative estimate of drug-likeness (QED) is 0.628. The van der Waals surface area contributed by atoms with Crippen molar-refractivity contribution >= 4 is 23.6 Å². The molecule has 0 radical (unpaired) electrons. The number of carbonyl (C=O) groups excluding carboxylic acids is 4. The molecule has 2 saturated heterocycles. The van der Waals surface area contributed by atoms with Crippen LogP contribution in [-0.2, 0) is 16.1 Å². The molecule has 4 aliphatic rings. The maximum Gasteiger partial charge on any atom is 0.262 e. The molecule has 2 unspecified atom stereocenters. The number of imide groups is 2. The van der Waals surface area contributed by atoms with Crippen molar-refractivity contribution in [2.45, 2.75) is 75.5 Å². The van der Waals surface area contributed by atoms with Gasteiger partial charge in [0, 0.05) is 24.5 Å². The van der Waals surface area contributed by atoms with E-state index in [-0.39, 0.29) is 24.3 Å². The predicted molar refractivity (Wildman–Crippen MR) is 112 cm³/mol. The van der Waals surface area contributed by atoms with E-state index in [2.05, 4.69) is 16.0 Å². The number of carbonyl (C=O) groups is 4. The molecule has 3 aliphatic heterocycles. The molecular weight excluding hydrogens is 396 g/mol. The van der Waals surface area contributed by atoms with E-state index in [1.165, 1.54) is 32.1 Å². The minimum atomic E-state index is -0.928. The van der Waals surface area contributed by atoms with Crippen LogP contribution in [0.1, 0.15) is 77.6 Å². The van der Waals surface area contributed by atoms with Gasteiger partial charge in [-0.15, -0.1) is 0 Å². The Balaban J connectivity index is 1.30. The fourth-order valence-corrected chi connectivity index (χ4v) is 5.74. The van der Waals surface area contributed by atoms with Crippen molar-refractivity contribution in [1.82, 2.24) is 20.9 Å². The van der Waals surface area contributed by atoms with Gasteiger partial charge >= 0.3 is 0 Å². The Bertz CT molecular complexity index is 953. The van der Waals surface area contributed by atoms with E-state index in [9.17, 15) is 19.2 Å². The van der Waals surface area contributed by atoms with Gasteiger partial charge in [-0.2, -0.15) is 0 Å². The van der Waals surface area contributed by atoms with Crippen LogP contribution in [0.15, 0.2) is 18.2 Å². The molecule has 1 saturated carbocycles. The molecule has 3 heterocycles. The summed E-state index contributed by atoms with van der Waals surface area (Å²) in [5.74, 6) is -1.87. The van der Waals surface area contributed by atoms with Crippen LogP contribution in [0.3, 0.4) is 0 Å². The third-order valence-electron chi connectivity index (χ3n) is 7.38. The molecule has 0 bridgehead atoms. The van der Waals surface area contributed by atoms with E-state index < -0.39 is 23.8 Å². The van der Waals surface area contributed by atoms with Crippen molar-refractivity contribution in [2.24, 2.45) is 0 Å². The zero-order valence-electron chi connectivity index (χ0n) is 17.5. The van der Waals surface area contributed by atoms with Crippen LogP contribution in [0.25, 0.3) is 0 Å². The highest BCUT2D eigenvalue weighted by Gasteiger charge is 2.45. The number of hydrogen-bond donors (Lipinski definition) is 3. The van der Waals surface area contributed by atoms with E-state index in [4.69, 9.17) is 0 Å². The Morgan fingerprint density at radius 2 is 1.77 bits per heavy atom. The smallest absolute Gasteiger partial charge is 0.262 e. The van der Waals surface area contributed by atoms with Crippen molar-refractivity contribution in [3.05, 3.63) is 34.9 Å². The average molecular weight is 425 g/mol. The molecule has 1 aromatic carbocycles. The van der Waals surface area contributed by atoms with Crippen LogP contribution in [-0.4, -0.2) is 52.7 Å². The SMILES string of the molecule is O=C1CCC(N2C(=O)c3ccc(CNC4CCNC45CCCCC5)cc3C2=O)C(=O)N1. The van der Waals surface area contributed by atoms with Crippen LogP contribution in [0.5, 0.6) is 0 Å². The Labute approximate surface area is 181 Å². The average Bonchev–Trinajstić information content (AvgIpc) is 3.25. The summed E-state index contributed by atoms with van der Waals surface area (Å²) < 4.78 is 0. The lowest BCUT2D eigenvalue weighted by atomic mass is 9.77. The monoisotopic (exact) mass is 424 g/mol. The summed E-state index contributed by atoms with van der Waals surface area (Å²) in [5, 5.41) is 9.65. The van der Waals surface area contributed by atoms with Crippen molar-refractivity contribution < 1.29 is 19.2 Å². The molecule has 1 spiro atoms. The van der Waals surface area contributed by atoms with Gasteiger partial charge in [-0.3, -0.25) is 29.4 Å². The minimum Gasteiger partial charge on any atom is -0.310 e. The number of hydrogen-bond acceptors (Lipinski definition) is 6. The molecule has 1 aliphatic carbocycles. The second-order valence-corrected chi connectivity index (χ2v) is 9.19. The number of nitrogens with one attached hydrogen (secondary N) is 3. The lowest BCUT2D eigenvalue weighted by Gasteiger charge is -2.39. The van der Waals surface area contributed by atoms with E-state index in [0.29, 0.717) is 23.7 Å². The first kappa shape index (κ1) is 20.3. The highest BCUT2D eigenvalue weighted by atomic mass is 16.2. The molecule has 8 heteroatoms. The summed E-state index contributed by atoms with van der Waals surface area (Å²) in [7, 11) is 0. The summed E-state index contributed by atoms with van der Waals surface area (Å²) in [6.07, 6.45) is 7.60. The van der Waals surface area contributed by atoms with Gasteiger partial charge in [-0.1, -0.05) is 25.3 Å². The van der Waals surface area contributed by atoms with Crippen molar-refractivity contribution in [2.75, 3.05) is 6.54 Å². The van der Waals surface area contributed by atoms with Crippen LogP contribution in [0.2, 0.25) is 0 Å². The topological polar surface area (TPSA) is 108 Å². The Morgan fingerprint density at radius 1 is 1.00 bits per heavy atom. The van der Waals surface area contributed by atoms with Crippen LogP contribution < -0.4 is 16.0 Å². The second kappa shape index (κ2) is 7.84. The highest BCUT2D eigenvalue weighted by Crippen LogP contribution is 2.35. The summed E-state index contributed by atoms with van der Waals surface area (Å²) in [6, 6.07) is 4.80. The number of benzene rings is 1. The van der Waals surface area contributed by atoms with Gasteiger partial charge in [0.1, 0.15) is 6.04 Å². The Morgan fingerprint density at radius 3 is 2.55 bits per heavy atom. The van der Waals surface area contributed by atoms with E-state index in [1.54, 1.807) is 12.1 Å². The maximum absolute atomic E-state index is 13.0. The first-order valence-corrected chi connectivity index (χ1v) is 11.3. The summed E-state index contributed by atoms with van der Waals surface area (Å²) >= 11 is 0. The van der Waals surface area contributed by atoms with Gasteiger partial charge in [0.25, 0.3) is 11.8 Å². The van der Waals surface area contributed by atoms with Crippen LogP contribution in [0.4, 0.5) is 0 Å². The molecule has 1 aromatic rings. The van der Waals surface area contributed by atoms with Gasteiger partial charge < -0.3 is 10.6 Å². The molecule has 5 rings (SSSR count). The fourth-order valence-electron chi connectivity index (χ4n) is 5.74. The van der Waals surface area contributed by atoms with Crippen molar-refractivity contribution in [1.29, 1.82) is 0 Å². The third kappa shape index (κ3) is 3.47. The summed E-state index contributed by atoms with van der Waals surface area (Å²) in [6.45, 7) is 1.65. The van der Waals surface area contributed by atoms with E-state index in [0.717, 1.165) is 23.4 Å². The third-order valence-corrected chi connectivity index (χ3v) is 7.38.